The maximum Gasteiger partial charge on any atom is 0.237 e. The van der Waals surface area contributed by atoms with Gasteiger partial charge in [0, 0.05) is 30.0 Å². The first-order valence-corrected chi connectivity index (χ1v) is 9.31. The van der Waals surface area contributed by atoms with E-state index in [0.717, 1.165) is 5.56 Å². The lowest BCUT2D eigenvalue weighted by molar-refractivity contribution is -0.115. The number of pyridine rings is 1. The van der Waals surface area contributed by atoms with E-state index in [9.17, 15) is 4.79 Å². The van der Waals surface area contributed by atoms with E-state index in [-0.39, 0.29) is 5.91 Å². The van der Waals surface area contributed by atoms with Gasteiger partial charge >= 0.3 is 0 Å². The lowest BCUT2D eigenvalue weighted by Crippen LogP contribution is -2.23. The molecule has 1 unspecified atom stereocenters. The van der Waals surface area contributed by atoms with Gasteiger partial charge < -0.3 is 9.88 Å². The summed E-state index contributed by atoms with van der Waals surface area (Å²) in [4.78, 5) is 16.6. The van der Waals surface area contributed by atoms with Crippen molar-refractivity contribution in [3.63, 3.8) is 0 Å². The zero-order chi connectivity index (χ0) is 18.7. The normalized spacial score (nSPS) is 12.0. The molecule has 9 heteroatoms. The number of rotatable bonds is 5. The lowest BCUT2D eigenvalue weighted by atomic mass is 10.3. The minimum absolute atomic E-state index is 0.204. The maximum absolute atomic E-state index is 12.5. The lowest BCUT2D eigenvalue weighted by Gasteiger charge is -2.13. The summed E-state index contributed by atoms with van der Waals surface area (Å²) in [6.07, 6.45) is 3.42. The Kier molecular flexibility index (Phi) is 5.80. The van der Waals surface area contributed by atoms with Crippen molar-refractivity contribution in [1.82, 2.24) is 19.7 Å². The van der Waals surface area contributed by atoms with Crippen LogP contribution < -0.4 is 5.32 Å². The van der Waals surface area contributed by atoms with Gasteiger partial charge in [0.2, 0.25) is 5.91 Å². The zero-order valence-corrected chi connectivity index (χ0v) is 16.3. The smallest absolute Gasteiger partial charge is 0.237 e. The number of thioether (sulfide) groups is 1. The monoisotopic (exact) mass is 407 g/mol. The Morgan fingerprint density at radius 3 is 2.81 bits per heavy atom. The van der Waals surface area contributed by atoms with Crippen molar-refractivity contribution in [3.8, 4) is 11.4 Å². The summed E-state index contributed by atoms with van der Waals surface area (Å²) in [5.41, 5.74) is 1.34. The molecule has 3 rings (SSSR count). The van der Waals surface area contributed by atoms with Crippen LogP contribution in [0.3, 0.4) is 0 Å². The molecule has 1 amide bonds. The van der Waals surface area contributed by atoms with E-state index in [2.05, 4.69) is 20.5 Å². The van der Waals surface area contributed by atoms with Crippen LogP contribution in [0.15, 0.2) is 47.9 Å². The average molecular weight is 408 g/mol. The highest BCUT2D eigenvalue weighted by molar-refractivity contribution is 8.00. The summed E-state index contributed by atoms with van der Waals surface area (Å²) in [6, 6.07) is 8.66. The number of nitrogens with zero attached hydrogens (tertiary/aromatic N) is 4. The summed E-state index contributed by atoms with van der Waals surface area (Å²) in [7, 11) is 1.85. The Morgan fingerprint density at radius 2 is 2.08 bits per heavy atom. The minimum atomic E-state index is -0.408. The van der Waals surface area contributed by atoms with Gasteiger partial charge in [-0.2, -0.15) is 0 Å². The van der Waals surface area contributed by atoms with Crippen molar-refractivity contribution >= 4 is 46.6 Å². The predicted molar refractivity (Wildman–Crippen MR) is 105 cm³/mol. The molecule has 0 fully saturated rings. The molecule has 0 saturated carbocycles. The van der Waals surface area contributed by atoms with Gasteiger partial charge in [0.15, 0.2) is 11.0 Å². The molecule has 3 aromatic rings. The zero-order valence-electron chi connectivity index (χ0n) is 14.0. The van der Waals surface area contributed by atoms with Crippen molar-refractivity contribution in [2.75, 3.05) is 5.32 Å². The van der Waals surface area contributed by atoms with Gasteiger partial charge in [0.1, 0.15) is 0 Å². The first kappa shape index (κ1) is 18.7. The van der Waals surface area contributed by atoms with Gasteiger partial charge in [-0.1, -0.05) is 35.0 Å². The molecule has 134 valence electrons. The van der Waals surface area contributed by atoms with Crippen LogP contribution in [0.2, 0.25) is 10.0 Å². The third-order valence-corrected chi connectivity index (χ3v) is 5.29. The third kappa shape index (κ3) is 4.17. The number of aromatic nitrogens is 4. The van der Waals surface area contributed by atoms with E-state index in [1.54, 1.807) is 37.5 Å². The fourth-order valence-corrected chi connectivity index (χ4v) is 3.35. The number of nitrogens with one attached hydrogen (secondary N) is 1. The van der Waals surface area contributed by atoms with E-state index in [4.69, 9.17) is 23.2 Å². The number of carbonyl (C=O) groups is 1. The van der Waals surface area contributed by atoms with E-state index >= 15 is 0 Å². The third-order valence-electron chi connectivity index (χ3n) is 3.59. The largest absolute Gasteiger partial charge is 0.324 e. The topological polar surface area (TPSA) is 72.7 Å². The van der Waals surface area contributed by atoms with Crippen LogP contribution >= 0.6 is 35.0 Å². The highest BCUT2D eigenvalue weighted by Gasteiger charge is 2.20. The van der Waals surface area contributed by atoms with E-state index in [1.807, 2.05) is 23.7 Å². The van der Waals surface area contributed by atoms with E-state index in [1.165, 1.54) is 11.8 Å². The Labute approximate surface area is 164 Å². The Balaban J connectivity index is 1.72. The molecule has 0 bridgehead atoms. The molecule has 1 aromatic carbocycles. The molecule has 26 heavy (non-hydrogen) atoms. The number of amides is 1. The van der Waals surface area contributed by atoms with Gasteiger partial charge in [0.05, 0.1) is 16.0 Å². The Hall–Kier alpha value is -2.09. The molecule has 0 aliphatic carbocycles. The van der Waals surface area contributed by atoms with Crippen molar-refractivity contribution in [3.05, 3.63) is 52.8 Å². The van der Waals surface area contributed by atoms with Crippen molar-refractivity contribution in [1.29, 1.82) is 0 Å². The second kappa shape index (κ2) is 8.07. The molecule has 0 aliphatic heterocycles. The first-order chi connectivity index (χ1) is 12.5. The SMILES string of the molecule is CC(Sc1nnc(-c2cccnc2)n1C)C(=O)Nc1cc(Cl)ccc1Cl. The summed E-state index contributed by atoms with van der Waals surface area (Å²) < 4.78 is 1.83. The van der Waals surface area contributed by atoms with Crippen LogP contribution in [0.4, 0.5) is 5.69 Å². The molecule has 0 aliphatic rings. The van der Waals surface area contributed by atoms with Crippen LogP contribution in [0.5, 0.6) is 0 Å². The molecule has 6 nitrogen and oxygen atoms in total. The van der Waals surface area contributed by atoms with E-state index < -0.39 is 5.25 Å². The molecule has 1 atom stereocenters. The van der Waals surface area contributed by atoms with E-state index in [0.29, 0.717) is 26.7 Å². The second-order valence-corrected chi connectivity index (χ2v) is 7.63. The molecule has 0 spiro atoms. The average Bonchev–Trinajstić information content (AvgIpc) is 2.99. The summed E-state index contributed by atoms with van der Waals surface area (Å²) in [5, 5.41) is 12.3. The fourth-order valence-electron chi connectivity index (χ4n) is 2.20. The highest BCUT2D eigenvalue weighted by Crippen LogP contribution is 2.28. The number of carbonyl (C=O) groups excluding carboxylic acids is 1. The molecular formula is C17H15Cl2N5OS. The Morgan fingerprint density at radius 1 is 1.27 bits per heavy atom. The van der Waals surface area contributed by atoms with Crippen molar-refractivity contribution < 1.29 is 4.79 Å². The maximum atomic E-state index is 12.5. The summed E-state index contributed by atoms with van der Waals surface area (Å²) in [6.45, 7) is 1.79. The van der Waals surface area contributed by atoms with Crippen molar-refractivity contribution in [2.24, 2.45) is 7.05 Å². The number of halogens is 2. The fraction of sp³-hybridized carbons (Fsp3) is 0.176. The molecular weight excluding hydrogens is 393 g/mol. The van der Waals surface area contributed by atoms with Crippen LogP contribution in [0, 0.1) is 0 Å². The van der Waals surface area contributed by atoms with Crippen LogP contribution in [0.25, 0.3) is 11.4 Å². The van der Waals surface area contributed by atoms with Gasteiger partial charge in [0.25, 0.3) is 0 Å². The predicted octanol–water partition coefficient (Wildman–Crippen LogP) is 4.30. The first-order valence-electron chi connectivity index (χ1n) is 7.68. The number of anilines is 1. The molecule has 2 aromatic heterocycles. The number of hydrogen-bond donors (Lipinski definition) is 1. The summed E-state index contributed by atoms with van der Waals surface area (Å²) >= 11 is 13.3. The quantitative estimate of drug-likeness (QED) is 0.638. The van der Waals surface area contributed by atoms with Gasteiger partial charge in [-0.25, -0.2) is 0 Å². The molecule has 2 heterocycles. The van der Waals surface area contributed by atoms with Crippen LogP contribution in [0.1, 0.15) is 6.92 Å². The second-order valence-electron chi connectivity index (χ2n) is 5.48. The number of benzene rings is 1. The minimum Gasteiger partial charge on any atom is -0.324 e. The van der Waals surface area contributed by atoms with Crippen LogP contribution in [-0.2, 0) is 11.8 Å². The van der Waals surface area contributed by atoms with Crippen LogP contribution in [-0.4, -0.2) is 30.9 Å². The highest BCUT2D eigenvalue weighted by atomic mass is 35.5. The molecule has 0 saturated heterocycles. The summed E-state index contributed by atoms with van der Waals surface area (Å²) in [5.74, 6) is 0.483. The number of hydrogen-bond acceptors (Lipinski definition) is 5. The standard InChI is InChI=1S/C17H15Cl2N5OS/c1-10(16(25)21-14-8-12(18)5-6-13(14)19)26-17-23-22-15(24(17)2)11-4-3-7-20-9-11/h3-10H,1-2H3,(H,21,25). The van der Waals surface area contributed by atoms with Gasteiger partial charge in [-0.3, -0.25) is 9.78 Å². The molecule has 1 N–H and O–H groups in total. The molecule has 0 radical (unpaired) electrons. The van der Waals surface area contributed by atoms with Gasteiger partial charge in [-0.15, -0.1) is 10.2 Å². The van der Waals surface area contributed by atoms with Gasteiger partial charge in [-0.05, 0) is 37.3 Å². The van der Waals surface area contributed by atoms with Crippen molar-refractivity contribution in [2.45, 2.75) is 17.3 Å². The Bertz CT molecular complexity index is 932.